The number of rotatable bonds is 5. The van der Waals surface area contributed by atoms with E-state index in [9.17, 15) is 9.59 Å². The van der Waals surface area contributed by atoms with Gasteiger partial charge in [0.15, 0.2) is 0 Å². The monoisotopic (exact) mass is 417 g/mol. The molecule has 3 aromatic rings. The molecular formula is C24H20ClN3O2. The minimum absolute atomic E-state index is 0.105. The van der Waals surface area contributed by atoms with Crippen molar-refractivity contribution in [3.05, 3.63) is 100.0 Å². The van der Waals surface area contributed by atoms with E-state index in [4.69, 9.17) is 11.6 Å². The van der Waals surface area contributed by atoms with E-state index >= 15 is 0 Å². The van der Waals surface area contributed by atoms with Crippen molar-refractivity contribution in [3.63, 3.8) is 0 Å². The fourth-order valence-electron chi connectivity index (χ4n) is 3.35. The third-order valence-electron chi connectivity index (χ3n) is 5.08. The molecule has 6 heteroatoms. The van der Waals surface area contributed by atoms with Crippen LogP contribution >= 0.6 is 11.6 Å². The van der Waals surface area contributed by atoms with Crippen molar-refractivity contribution in [1.82, 2.24) is 9.88 Å². The predicted octanol–water partition coefficient (Wildman–Crippen LogP) is 4.74. The molecular weight excluding hydrogens is 398 g/mol. The highest BCUT2D eigenvalue weighted by Crippen LogP contribution is 2.33. The topological polar surface area (TPSA) is 62.3 Å². The lowest BCUT2D eigenvalue weighted by atomic mass is 10.0. The Morgan fingerprint density at radius 1 is 0.933 bits per heavy atom. The number of benzene rings is 2. The van der Waals surface area contributed by atoms with Crippen LogP contribution in [0.2, 0.25) is 5.02 Å². The van der Waals surface area contributed by atoms with E-state index in [1.54, 1.807) is 30.5 Å². The summed E-state index contributed by atoms with van der Waals surface area (Å²) < 4.78 is 0. The van der Waals surface area contributed by atoms with Crippen molar-refractivity contribution in [3.8, 4) is 0 Å². The lowest BCUT2D eigenvalue weighted by molar-refractivity contribution is -0.137. The third kappa shape index (κ3) is 3.72. The molecule has 1 aliphatic rings. The Balaban J connectivity index is 1.77. The average molecular weight is 418 g/mol. The van der Waals surface area contributed by atoms with Crippen LogP contribution in [-0.2, 0) is 16.1 Å². The molecule has 30 heavy (non-hydrogen) atoms. The van der Waals surface area contributed by atoms with Crippen LogP contribution in [0.3, 0.4) is 0 Å². The Labute approximate surface area is 180 Å². The lowest BCUT2D eigenvalue weighted by Gasteiger charge is -2.15. The first-order valence-corrected chi connectivity index (χ1v) is 9.93. The lowest BCUT2D eigenvalue weighted by Crippen LogP contribution is -2.32. The molecule has 2 heterocycles. The zero-order valence-electron chi connectivity index (χ0n) is 16.6. The molecule has 0 saturated carbocycles. The molecule has 1 N–H and O–H groups in total. The smallest absolute Gasteiger partial charge is 0.278 e. The van der Waals surface area contributed by atoms with Crippen LogP contribution < -0.4 is 5.32 Å². The van der Waals surface area contributed by atoms with Gasteiger partial charge in [-0.15, -0.1) is 0 Å². The molecule has 0 bridgehead atoms. The number of halogens is 1. The Bertz CT molecular complexity index is 1150. The number of anilines is 1. The van der Waals surface area contributed by atoms with Gasteiger partial charge in [0.05, 0.1) is 17.8 Å². The number of imide groups is 1. The van der Waals surface area contributed by atoms with Gasteiger partial charge in [-0.2, -0.15) is 0 Å². The first-order chi connectivity index (χ1) is 14.5. The number of aryl methyl sites for hydroxylation is 1. The number of aromatic nitrogens is 1. The standard InChI is InChI=1S/C24H20ClN3O2/c1-15-9-11-17(12-10-15)21-22(27-20-8-5-7-19(25)16(20)2)24(30)28(23(21)29)14-18-6-3-4-13-26-18/h3-13,27H,14H2,1-2H3. The molecule has 2 amide bonds. The van der Waals surface area contributed by atoms with Gasteiger partial charge in [0.2, 0.25) is 0 Å². The maximum atomic E-state index is 13.3. The molecule has 0 unspecified atom stereocenters. The van der Waals surface area contributed by atoms with E-state index in [0.29, 0.717) is 27.5 Å². The van der Waals surface area contributed by atoms with Gasteiger partial charge in [0, 0.05) is 16.9 Å². The molecule has 1 aliphatic heterocycles. The van der Waals surface area contributed by atoms with Crippen LogP contribution in [0.5, 0.6) is 0 Å². The first kappa shape index (κ1) is 19.9. The minimum Gasteiger partial charge on any atom is -0.350 e. The fraction of sp³-hybridized carbons (Fsp3) is 0.125. The molecule has 5 nitrogen and oxygen atoms in total. The van der Waals surface area contributed by atoms with E-state index in [0.717, 1.165) is 11.1 Å². The van der Waals surface area contributed by atoms with Gasteiger partial charge < -0.3 is 5.32 Å². The highest BCUT2D eigenvalue weighted by Gasteiger charge is 2.39. The minimum atomic E-state index is -0.388. The maximum Gasteiger partial charge on any atom is 0.278 e. The SMILES string of the molecule is Cc1ccc(C2=C(Nc3cccc(Cl)c3C)C(=O)N(Cc3ccccn3)C2=O)cc1. The van der Waals surface area contributed by atoms with E-state index in [-0.39, 0.29) is 24.1 Å². The van der Waals surface area contributed by atoms with Gasteiger partial charge in [-0.3, -0.25) is 19.5 Å². The van der Waals surface area contributed by atoms with Crippen LogP contribution in [0.1, 0.15) is 22.4 Å². The van der Waals surface area contributed by atoms with Crippen LogP contribution in [0.25, 0.3) is 5.57 Å². The quantitative estimate of drug-likeness (QED) is 0.609. The van der Waals surface area contributed by atoms with E-state index in [1.807, 2.05) is 50.2 Å². The van der Waals surface area contributed by atoms with Crippen LogP contribution in [0, 0.1) is 13.8 Å². The van der Waals surface area contributed by atoms with Crippen LogP contribution in [0.4, 0.5) is 5.69 Å². The number of nitrogens with one attached hydrogen (secondary N) is 1. The molecule has 2 aromatic carbocycles. The number of carbonyl (C=O) groups is 2. The highest BCUT2D eigenvalue weighted by atomic mass is 35.5. The molecule has 0 radical (unpaired) electrons. The largest absolute Gasteiger partial charge is 0.350 e. The van der Waals surface area contributed by atoms with Gasteiger partial charge in [0.25, 0.3) is 11.8 Å². The van der Waals surface area contributed by atoms with Gasteiger partial charge in [-0.1, -0.05) is 53.6 Å². The van der Waals surface area contributed by atoms with E-state index < -0.39 is 0 Å². The maximum absolute atomic E-state index is 13.3. The molecule has 0 aliphatic carbocycles. The highest BCUT2D eigenvalue weighted by molar-refractivity contribution is 6.36. The van der Waals surface area contributed by atoms with Crippen LogP contribution in [-0.4, -0.2) is 21.7 Å². The summed E-state index contributed by atoms with van der Waals surface area (Å²) in [6, 6.07) is 18.4. The van der Waals surface area contributed by atoms with Gasteiger partial charge >= 0.3 is 0 Å². The average Bonchev–Trinajstić information content (AvgIpc) is 2.97. The molecule has 4 rings (SSSR count). The Hall–Kier alpha value is -3.44. The van der Waals surface area contributed by atoms with Crippen molar-refractivity contribution in [2.75, 3.05) is 5.32 Å². The number of hydrogen-bond donors (Lipinski definition) is 1. The predicted molar refractivity (Wildman–Crippen MR) is 118 cm³/mol. The number of carbonyl (C=O) groups excluding carboxylic acids is 2. The van der Waals surface area contributed by atoms with Gasteiger partial charge in [-0.25, -0.2) is 0 Å². The molecule has 0 spiro atoms. The van der Waals surface area contributed by atoms with Crippen molar-refractivity contribution < 1.29 is 9.59 Å². The Morgan fingerprint density at radius 2 is 1.70 bits per heavy atom. The van der Waals surface area contributed by atoms with E-state index in [2.05, 4.69) is 10.3 Å². The Morgan fingerprint density at radius 3 is 2.40 bits per heavy atom. The summed E-state index contributed by atoms with van der Waals surface area (Å²) in [5.41, 5.74) is 4.47. The van der Waals surface area contributed by atoms with Crippen molar-refractivity contribution in [2.45, 2.75) is 20.4 Å². The van der Waals surface area contributed by atoms with Crippen molar-refractivity contribution in [2.24, 2.45) is 0 Å². The third-order valence-corrected chi connectivity index (χ3v) is 5.49. The second-order valence-corrected chi connectivity index (χ2v) is 7.58. The normalized spacial score (nSPS) is 13.9. The summed E-state index contributed by atoms with van der Waals surface area (Å²) >= 11 is 6.24. The summed E-state index contributed by atoms with van der Waals surface area (Å²) in [5, 5.41) is 3.75. The summed E-state index contributed by atoms with van der Waals surface area (Å²) in [6.45, 7) is 3.94. The summed E-state index contributed by atoms with van der Waals surface area (Å²) in [6.07, 6.45) is 1.64. The first-order valence-electron chi connectivity index (χ1n) is 9.55. The number of amides is 2. The van der Waals surface area contributed by atoms with Crippen molar-refractivity contribution in [1.29, 1.82) is 0 Å². The number of hydrogen-bond acceptors (Lipinski definition) is 4. The molecule has 0 atom stereocenters. The van der Waals surface area contributed by atoms with Crippen molar-refractivity contribution >= 4 is 34.7 Å². The van der Waals surface area contributed by atoms with Crippen LogP contribution in [0.15, 0.2) is 72.6 Å². The summed E-state index contributed by atoms with van der Waals surface area (Å²) in [5.74, 6) is -0.739. The molecule has 0 fully saturated rings. The number of pyridine rings is 1. The zero-order valence-corrected chi connectivity index (χ0v) is 17.4. The second kappa shape index (κ2) is 8.13. The zero-order chi connectivity index (χ0) is 21.3. The molecule has 0 saturated heterocycles. The summed E-state index contributed by atoms with van der Waals surface area (Å²) in [4.78, 5) is 32.1. The number of nitrogens with zero attached hydrogens (tertiary/aromatic N) is 2. The van der Waals surface area contributed by atoms with E-state index in [1.165, 1.54) is 4.90 Å². The molecule has 1 aromatic heterocycles. The second-order valence-electron chi connectivity index (χ2n) is 7.17. The van der Waals surface area contributed by atoms with Gasteiger partial charge in [-0.05, 0) is 49.2 Å². The fourth-order valence-corrected chi connectivity index (χ4v) is 3.53. The Kier molecular flexibility index (Phi) is 5.38. The molecule has 150 valence electrons. The summed E-state index contributed by atoms with van der Waals surface area (Å²) in [7, 11) is 0. The van der Waals surface area contributed by atoms with Gasteiger partial charge in [0.1, 0.15) is 5.70 Å².